The number of rotatable bonds is 14. The summed E-state index contributed by atoms with van der Waals surface area (Å²) in [6.45, 7) is 11.1. The molecule has 166 valence electrons. The van der Waals surface area contributed by atoms with Gasteiger partial charge in [-0.05, 0) is 24.2 Å². The Hall–Kier alpha value is -1.76. The second kappa shape index (κ2) is 17.1. The van der Waals surface area contributed by atoms with Gasteiger partial charge in [0.05, 0.1) is 6.61 Å². The first kappa shape index (κ1) is 27.2. The fraction of sp³-hybridized carbons (Fsp3) is 0.760. The molecule has 0 aromatic carbocycles. The maximum absolute atomic E-state index is 11.6. The van der Waals surface area contributed by atoms with Crippen LogP contribution in [0.4, 0.5) is 0 Å². The topological polar surface area (TPSA) is 52.6 Å². The van der Waals surface area contributed by atoms with Crippen molar-refractivity contribution in [1.82, 2.24) is 0 Å². The Morgan fingerprint density at radius 1 is 0.862 bits per heavy atom. The van der Waals surface area contributed by atoms with E-state index in [0.29, 0.717) is 6.61 Å². The van der Waals surface area contributed by atoms with Crippen molar-refractivity contribution in [2.45, 2.75) is 98.8 Å². The lowest BCUT2D eigenvalue weighted by atomic mass is 9.86. The lowest BCUT2D eigenvalue weighted by molar-refractivity contribution is -0.140. The Kier molecular flexibility index (Phi) is 16.1. The summed E-state index contributed by atoms with van der Waals surface area (Å²) in [6.07, 6.45) is 14.2. The van der Waals surface area contributed by atoms with Crippen LogP contribution in [0.15, 0.2) is 12.2 Å². The molecule has 0 spiro atoms. The molecular formula is C25H42O4. The van der Waals surface area contributed by atoms with Gasteiger partial charge in [-0.3, -0.25) is 0 Å². The zero-order valence-electron chi connectivity index (χ0n) is 19.4. The molecule has 0 aromatic rings. The molecule has 0 saturated carbocycles. The molecule has 29 heavy (non-hydrogen) atoms. The molecule has 0 heterocycles. The summed E-state index contributed by atoms with van der Waals surface area (Å²) < 4.78 is 10.1. The SMILES string of the molecule is CCCCCCCCCCC#CCOC(=O)/C=C/C(=O)OCC(C)CC(C)(C)C. The highest BCUT2D eigenvalue weighted by atomic mass is 16.5. The average molecular weight is 407 g/mol. The number of ether oxygens (including phenoxy) is 2. The minimum absolute atomic E-state index is 0.0534. The lowest BCUT2D eigenvalue weighted by Crippen LogP contribution is -2.17. The maximum atomic E-state index is 11.6. The molecule has 0 rings (SSSR count). The van der Waals surface area contributed by atoms with Crippen molar-refractivity contribution in [2.75, 3.05) is 13.2 Å². The first-order chi connectivity index (χ1) is 13.7. The molecule has 1 unspecified atom stereocenters. The Morgan fingerprint density at radius 3 is 2.00 bits per heavy atom. The van der Waals surface area contributed by atoms with E-state index in [-0.39, 0.29) is 17.9 Å². The van der Waals surface area contributed by atoms with Crippen LogP contribution in [-0.2, 0) is 19.1 Å². The van der Waals surface area contributed by atoms with Crippen LogP contribution in [0.3, 0.4) is 0 Å². The summed E-state index contributed by atoms with van der Waals surface area (Å²) in [7, 11) is 0. The van der Waals surface area contributed by atoms with E-state index in [2.05, 4.69) is 39.5 Å². The van der Waals surface area contributed by atoms with Crippen molar-refractivity contribution >= 4 is 11.9 Å². The van der Waals surface area contributed by atoms with Crippen LogP contribution in [0, 0.1) is 23.2 Å². The molecule has 0 bridgehead atoms. The fourth-order valence-corrected chi connectivity index (χ4v) is 3.15. The monoisotopic (exact) mass is 406 g/mol. The van der Waals surface area contributed by atoms with Crippen molar-refractivity contribution in [2.24, 2.45) is 11.3 Å². The molecule has 0 aliphatic rings. The number of hydrogen-bond acceptors (Lipinski definition) is 4. The van der Waals surface area contributed by atoms with Crippen molar-refractivity contribution in [3.63, 3.8) is 0 Å². The minimum Gasteiger partial charge on any atom is -0.462 e. The Bertz CT molecular complexity index is 531. The summed E-state index contributed by atoms with van der Waals surface area (Å²) in [5.41, 5.74) is 0.195. The molecule has 4 nitrogen and oxygen atoms in total. The highest BCUT2D eigenvalue weighted by molar-refractivity contribution is 5.91. The Labute approximate surface area is 178 Å². The highest BCUT2D eigenvalue weighted by Gasteiger charge is 2.16. The standard InChI is InChI=1S/C25H42O4/c1-6-7-8-9-10-11-12-13-14-15-16-19-28-23(26)17-18-24(27)29-21-22(2)20-25(3,4)5/h17-18,22H,6-14,19-21H2,1-5H3/b18-17+. The van der Waals surface area contributed by atoms with Gasteiger partial charge >= 0.3 is 11.9 Å². The van der Waals surface area contributed by atoms with Crippen LogP contribution in [0.1, 0.15) is 98.8 Å². The van der Waals surface area contributed by atoms with Crippen LogP contribution in [0.5, 0.6) is 0 Å². The van der Waals surface area contributed by atoms with Crippen LogP contribution in [-0.4, -0.2) is 25.2 Å². The highest BCUT2D eigenvalue weighted by Crippen LogP contribution is 2.24. The van der Waals surface area contributed by atoms with Gasteiger partial charge in [-0.2, -0.15) is 0 Å². The molecule has 4 heteroatoms. The molecule has 0 N–H and O–H groups in total. The number of carbonyl (C=O) groups is 2. The summed E-state index contributed by atoms with van der Waals surface area (Å²) in [5.74, 6) is 5.04. The molecule has 0 aliphatic heterocycles. The quantitative estimate of drug-likeness (QED) is 0.148. The van der Waals surface area contributed by atoms with E-state index in [1.54, 1.807) is 0 Å². The number of carbonyl (C=O) groups excluding carboxylic acids is 2. The fourth-order valence-electron chi connectivity index (χ4n) is 3.15. The van der Waals surface area contributed by atoms with Gasteiger partial charge in [-0.25, -0.2) is 9.59 Å². The van der Waals surface area contributed by atoms with Gasteiger partial charge in [0, 0.05) is 18.6 Å². The Morgan fingerprint density at radius 2 is 1.41 bits per heavy atom. The number of hydrogen-bond donors (Lipinski definition) is 0. The first-order valence-electron chi connectivity index (χ1n) is 11.2. The van der Waals surface area contributed by atoms with E-state index in [1.165, 1.54) is 44.9 Å². The van der Waals surface area contributed by atoms with Crippen molar-refractivity contribution in [3.8, 4) is 11.8 Å². The van der Waals surface area contributed by atoms with E-state index < -0.39 is 11.9 Å². The van der Waals surface area contributed by atoms with E-state index in [1.807, 2.05) is 6.92 Å². The zero-order chi connectivity index (χ0) is 22.0. The summed E-state index contributed by atoms with van der Waals surface area (Å²) >= 11 is 0. The molecule has 0 radical (unpaired) electrons. The van der Waals surface area contributed by atoms with Gasteiger partial charge in [-0.1, -0.05) is 91.4 Å². The molecular weight excluding hydrogens is 364 g/mol. The van der Waals surface area contributed by atoms with Gasteiger partial charge in [-0.15, -0.1) is 0 Å². The smallest absolute Gasteiger partial charge is 0.331 e. The molecule has 0 aromatic heterocycles. The predicted octanol–water partition coefficient (Wildman–Crippen LogP) is 6.24. The zero-order valence-corrected chi connectivity index (χ0v) is 19.4. The lowest BCUT2D eigenvalue weighted by Gasteiger charge is -2.22. The third-order valence-electron chi connectivity index (χ3n) is 4.39. The number of unbranched alkanes of at least 4 members (excludes halogenated alkanes) is 8. The van der Waals surface area contributed by atoms with Gasteiger partial charge in [0.2, 0.25) is 0 Å². The van der Waals surface area contributed by atoms with Crippen LogP contribution in [0.2, 0.25) is 0 Å². The minimum atomic E-state index is -0.578. The molecule has 1 atom stereocenters. The van der Waals surface area contributed by atoms with Gasteiger partial charge in [0.1, 0.15) is 0 Å². The van der Waals surface area contributed by atoms with Gasteiger partial charge in [0.15, 0.2) is 6.61 Å². The second-order valence-electron chi connectivity index (χ2n) is 9.02. The first-order valence-corrected chi connectivity index (χ1v) is 11.2. The molecule has 0 fully saturated rings. The van der Waals surface area contributed by atoms with E-state index in [4.69, 9.17) is 9.47 Å². The third kappa shape index (κ3) is 20.8. The van der Waals surface area contributed by atoms with Crippen molar-refractivity contribution in [1.29, 1.82) is 0 Å². The Balaban J connectivity index is 3.73. The van der Waals surface area contributed by atoms with Crippen molar-refractivity contribution < 1.29 is 19.1 Å². The van der Waals surface area contributed by atoms with Gasteiger partial charge in [0.25, 0.3) is 0 Å². The maximum Gasteiger partial charge on any atom is 0.331 e. The van der Waals surface area contributed by atoms with Gasteiger partial charge < -0.3 is 9.47 Å². The van der Waals surface area contributed by atoms with E-state index in [0.717, 1.165) is 31.4 Å². The second-order valence-corrected chi connectivity index (χ2v) is 9.02. The third-order valence-corrected chi connectivity index (χ3v) is 4.39. The summed E-state index contributed by atoms with van der Waals surface area (Å²) in [4.78, 5) is 23.2. The summed E-state index contributed by atoms with van der Waals surface area (Å²) in [6, 6.07) is 0. The molecule has 0 aliphatic carbocycles. The van der Waals surface area contributed by atoms with Crippen molar-refractivity contribution in [3.05, 3.63) is 12.2 Å². The molecule has 0 amide bonds. The largest absolute Gasteiger partial charge is 0.462 e. The molecule has 0 saturated heterocycles. The van der Waals surface area contributed by atoms with E-state index in [9.17, 15) is 9.59 Å². The van der Waals surface area contributed by atoms with Crippen LogP contribution < -0.4 is 0 Å². The predicted molar refractivity (Wildman–Crippen MR) is 119 cm³/mol. The van der Waals surface area contributed by atoms with Crippen LogP contribution >= 0.6 is 0 Å². The van der Waals surface area contributed by atoms with E-state index >= 15 is 0 Å². The number of esters is 2. The summed E-state index contributed by atoms with van der Waals surface area (Å²) in [5, 5.41) is 0. The average Bonchev–Trinajstić information content (AvgIpc) is 2.64. The van der Waals surface area contributed by atoms with Crippen LogP contribution in [0.25, 0.3) is 0 Å². The normalized spacial score (nSPS) is 12.3.